The van der Waals surface area contributed by atoms with Crippen LogP contribution in [0.5, 0.6) is 0 Å². The van der Waals surface area contributed by atoms with Gasteiger partial charge in [0.2, 0.25) is 0 Å². The third-order valence-electron chi connectivity index (χ3n) is 2.50. The van der Waals surface area contributed by atoms with Gasteiger partial charge < -0.3 is 5.32 Å². The second-order valence-corrected chi connectivity index (χ2v) is 6.95. The molecule has 0 unspecified atom stereocenters. The molecule has 0 aliphatic carbocycles. The first-order chi connectivity index (χ1) is 6.86. The van der Waals surface area contributed by atoms with Crippen molar-refractivity contribution in [3.8, 4) is 0 Å². The molecule has 0 radical (unpaired) electrons. The Balaban J connectivity index is 1.79. The zero-order valence-corrected chi connectivity index (χ0v) is 11.2. The maximum absolute atomic E-state index is 3.63. The standard InChI is InChI=1S/C10H14BrNS2/c11-10-8(1-6-14-10)7-12-9-2-4-13-5-3-9/h1,6,9,12H,2-5,7H2. The van der Waals surface area contributed by atoms with Crippen molar-refractivity contribution < 1.29 is 0 Å². The molecule has 1 N–H and O–H groups in total. The molecule has 0 atom stereocenters. The highest BCUT2D eigenvalue weighted by Gasteiger charge is 2.13. The monoisotopic (exact) mass is 291 g/mol. The quantitative estimate of drug-likeness (QED) is 0.915. The molecule has 1 aliphatic heterocycles. The molecule has 0 amide bonds. The van der Waals surface area contributed by atoms with Crippen molar-refractivity contribution in [3.05, 3.63) is 20.8 Å². The summed E-state index contributed by atoms with van der Waals surface area (Å²) >= 11 is 7.41. The summed E-state index contributed by atoms with van der Waals surface area (Å²) in [5.74, 6) is 2.64. The van der Waals surface area contributed by atoms with Gasteiger partial charge >= 0.3 is 0 Å². The Bertz CT molecular complexity index is 281. The average molecular weight is 292 g/mol. The third kappa shape index (κ3) is 2.99. The van der Waals surface area contributed by atoms with Crippen molar-refractivity contribution in [2.24, 2.45) is 0 Å². The van der Waals surface area contributed by atoms with Crippen molar-refractivity contribution in [1.82, 2.24) is 5.32 Å². The largest absolute Gasteiger partial charge is 0.310 e. The van der Waals surface area contributed by atoms with E-state index < -0.39 is 0 Å². The Labute approximate surface area is 102 Å². The Morgan fingerprint density at radius 3 is 2.86 bits per heavy atom. The highest BCUT2D eigenvalue weighted by Crippen LogP contribution is 2.24. The van der Waals surface area contributed by atoms with Gasteiger partial charge in [-0.15, -0.1) is 11.3 Å². The van der Waals surface area contributed by atoms with Gasteiger partial charge in [-0.1, -0.05) is 0 Å². The molecule has 78 valence electrons. The van der Waals surface area contributed by atoms with E-state index in [2.05, 4.69) is 44.5 Å². The van der Waals surface area contributed by atoms with Crippen molar-refractivity contribution in [2.45, 2.75) is 25.4 Å². The van der Waals surface area contributed by atoms with Gasteiger partial charge in [-0.05, 0) is 57.3 Å². The molecule has 0 aromatic carbocycles. The number of hydrogen-bond donors (Lipinski definition) is 1. The molecule has 1 aliphatic rings. The van der Waals surface area contributed by atoms with Gasteiger partial charge in [-0.3, -0.25) is 0 Å². The predicted molar refractivity (Wildman–Crippen MR) is 69.2 cm³/mol. The average Bonchev–Trinajstić information content (AvgIpc) is 2.63. The van der Waals surface area contributed by atoms with Gasteiger partial charge in [0, 0.05) is 12.6 Å². The summed E-state index contributed by atoms with van der Waals surface area (Å²) in [4.78, 5) is 0. The summed E-state index contributed by atoms with van der Waals surface area (Å²) in [5.41, 5.74) is 1.40. The van der Waals surface area contributed by atoms with Crippen molar-refractivity contribution in [3.63, 3.8) is 0 Å². The SMILES string of the molecule is Brc1sccc1CNC1CCSCC1. The van der Waals surface area contributed by atoms with Crippen LogP contribution < -0.4 is 5.32 Å². The molecular formula is C10H14BrNS2. The van der Waals surface area contributed by atoms with E-state index in [-0.39, 0.29) is 0 Å². The second-order valence-electron chi connectivity index (χ2n) is 3.49. The Hall–Kier alpha value is 0.490. The topological polar surface area (TPSA) is 12.0 Å². The van der Waals surface area contributed by atoms with E-state index in [9.17, 15) is 0 Å². The van der Waals surface area contributed by atoms with E-state index >= 15 is 0 Å². The van der Waals surface area contributed by atoms with Crippen LogP contribution in [0.2, 0.25) is 0 Å². The molecule has 1 aromatic heterocycles. The summed E-state index contributed by atoms with van der Waals surface area (Å²) in [5, 5.41) is 5.76. The van der Waals surface area contributed by atoms with Crippen LogP contribution in [0, 0.1) is 0 Å². The molecule has 0 spiro atoms. The molecule has 1 aromatic rings. The predicted octanol–water partition coefficient (Wildman–Crippen LogP) is 3.50. The Morgan fingerprint density at radius 2 is 2.21 bits per heavy atom. The van der Waals surface area contributed by atoms with Crippen molar-refractivity contribution >= 4 is 39.0 Å². The fourth-order valence-corrected chi connectivity index (χ4v) is 3.95. The first kappa shape index (κ1) is 11.0. The maximum Gasteiger partial charge on any atom is 0.0743 e. The number of thiophene rings is 1. The normalized spacial score (nSPS) is 18.6. The molecule has 2 heterocycles. The van der Waals surface area contributed by atoms with Gasteiger partial charge in [0.15, 0.2) is 0 Å². The van der Waals surface area contributed by atoms with Crippen LogP contribution in [-0.2, 0) is 6.54 Å². The minimum absolute atomic E-state index is 0.739. The van der Waals surface area contributed by atoms with Crippen LogP contribution in [0.15, 0.2) is 15.2 Å². The fraction of sp³-hybridized carbons (Fsp3) is 0.600. The number of hydrogen-bond acceptors (Lipinski definition) is 3. The summed E-state index contributed by atoms with van der Waals surface area (Å²) in [6.45, 7) is 1.01. The van der Waals surface area contributed by atoms with Crippen LogP contribution >= 0.6 is 39.0 Å². The van der Waals surface area contributed by atoms with E-state index in [1.165, 1.54) is 33.7 Å². The van der Waals surface area contributed by atoms with Crippen LogP contribution in [0.3, 0.4) is 0 Å². The summed E-state index contributed by atoms with van der Waals surface area (Å²) in [7, 11) is 0. The molecule has 0 bridgehead atoms. The molecule has 1 fully saturated rings. The van der Waals surface area contributed by atoms with Crippen molar-refractivity contribution in [2.75, 3.05) is 11.5 Å². The fourth-order valence-electron chi connectivity index (χ4n) is 1.60. The van der Waals surface area contributed by atoms with Gasteiger partial charge in [0.1, 0.15) is 0 Å². The highest BCUT2D eigenvalue weighted by atomic mass is 79.9. The van der Waals surface area contributed by atoms with E-state index in [0.29, 0.717) is 0 Å². The molecule has 4 heteroatoms. The first-order valence-corrected chi connectivity index (χ1v) is 7.72. The number of halogens is 1. The molecular weight excluding hydrogens is 278 g/mol. The van der Waals surface area contributed by atoms with Crippen LogP contribution in [0.25, 0.3) is 0 Å². The van der Waals surface area contributed by atoms with Crippen LogP contribution in [-0.4, -0.2) is 17.5 Å². The minimum atomic E-state index is 0.739. The number of nitrogens with one attached hydrogen (secondary N) is 1. The van der Waals surface area contributed by atoms with Crippen LogP contribution in [0.4, 0.5) is 0 Å². The lowest BCUT2D eigenvalue weighted by Crippen LogP contribution is -2.31. The summed E-state index contributed by atoms with van der Waals surface area (Å²) in [6, 6.07) is 2.93. The van der Waals surface area contributed by atoms with E-state index in [0.717, 1.165) is 12.6 Å². The lowest BCUT2D eigenvalue weighted by Gasteiger charge is -2.22. The zero-order chi connectivity index (χ0) is 9.80. The van der Waals surface area contributed by atoms with E-state index in [1.807, 2.05) is 0 Å². The van der Waals surface area contributed by atoms with Gasteiger partial charge in [0.05, 0.1) is 3.79 Å². The second kappa shape index (κ2) is 5.54. The van der Waals surface area contributed by atoms with Crippen molar-refractivity contribution in [1.29, 1.82) is 0 Å². The van der Waals surface area contributed by atoms with Gasteiger partial charge in [0.25, 0.3) is 0 Å². The molecule has 2 rings (SSSR count). The number of thioether (sulfide) groups is 1. The molecule has 1 saturated heterocycles. The molecule has 14 heavy (non-hydrogen) atoms. The smallest absolute Gasteiger partial charge is 0.0743 e. The van der Waals surface area contributed by atoms with Gasteiger partial charge in [-0.2, -0.15) is 11.8 Å². The lowest BCUT2D eigenvalue weighted by atomic mass is 10.1. The third-order valence-corrected chi connectivity index (χ3v) is 5.36. The summed E-state index contributed by atoms with van der Waals surface area (Å²) < 4.78 is 1.27. The Kier molecular flexibility index (Phi) is 4.35. The molecule has 0 saturated carbocycles. The molecule has 1 nitrogen and oxygen atoms in total. The summed E-state index contributed by atoms with van der Waals surface area (Å²) in [6.07, 6.45) is 2.65. The minimum Gasteiger partial charge on any atom is -0.310 e. The number of rotatable bonds is 3. The van der Waals surface area contributed by atoms with E-state index in [4.69, 9.17) is 0 Å². The highest BCUT2D eigenvalue weighted by molar-refractivity contribution is 9.11. The maximum atomic E-state index is 3.63. The zero-order valence-electron chi connectivity index (χ0n) is 7.96. The van der Waals surface area contributed by atoms with E-state index in [1.54, 1.807) is 11.3 Å². The Morgan fingerprint density at radius 1 is 1.43 bits per heavy atom. The van der Waals surface area contributed by atoms with Crippen LogP contribution in [0.1, 0.15) is 18.4 Å². The van der Waals surface area contributed by atoms with Gasteiger partial charge in [-0.25, -0.2) is 0 Å². The first-order valence-electron chi connectivity index (χ1n) is 4.89. The lowest BCUT2D eigenvalue weighted by molar-refractivity contribution is 0.482.